The molecule has 55 heavy (non-hydrogen) atoms. The number of alkyl halides is 3. The SMILES string of the molecule is CC1(C)C(=O)N(c2ccc(SC(F)(F)F)c(NC(=O)[C@H](NC(=O)CC3c4ccccc4-c4ccccc43)c3ccccc3)c2)C(=O)N1Cc1ccnc(Cl)c1. The van der Waals surface area contributed by atoms with Crippen LogP contribution in [0.1, 0.15) is 54.5 Å². The first kappa shape index (κ1) is 37.6. The summed E-state index contributed by atoms with van der Waals surface area (Å²) in [6.07, 6.45) is 1.47. The van der Waals surface area contributed by atoms with Gasteiger partial charge in [-0.15, -0.1) is 0 Å². The number of urea groups is 1. The van der Waals surface area contributed by atoms with Gasteiger partial charge in [-0.2, -0.15) is 13.2 Å². The van der Waals surface area contributed by atoms with Crippen molar-refractivity contribution in [2.45, 2.75) is 54.7 Å². The number of imide groups is 1. The lowest BCUT2D eigenvalue weighted by Crippen LogP contribution is -2.43. The lowest BCUT2D eigenvalue weighted by atomic mass is 9.93. The fourth-order valence-corrected chi connectivity index (χ4v) is 7.86. The highest BCUT2D eigenvalue weighted by molar-refractivity contribution is 8.00. The summed E-state index contributed by atoms with van der Waals surface area (Å²) in [6.45, 7) is 3.11. The summed E-state index contributed by atoms with van der Waals surface area (Å²) < 4.78 is 41.5. The van der Waals surface area contributed by atoms with E-state index < -0.39 is 52.6 Å². The number of aromatic nitrogens is 1. The molecule has 2 heterocycles. The van der Waals surface area contributed by atoms with Gasteiger partial charge in [-0.1, -0.05) is 90.5 Å². The highest BCUT2D eigenvalue weighted by atomic mass is 35.5. The van der Waals surface area contributed by atoms with E-state index in [0.29, 0.717) is 11.1 Å². The van der Waals surface area contributed by atoms with Gasteiger partial charge in [0.1, 0.15) is 16.7 Å². The first-order chi connectivity index (χ1) is 26.2. The Bertz CT molecular complexity index is 2280. The Labute approximate surface area is 323 Å². The van der Waals surface area contributed by atoms with Crippen LogP contribution >= 0.6 is 23.4 Å². The molecule has 1 fully saturated rings. The number of hydrogen-bond donors (Lipinski definition) is 2. The van der Waals surface area contributed by atoms with Crippen LogP contribution in [0.15, 0.2) is 120 Å². The van der Waals surface area contributed by atoms with Crippen molar-refractivity contribution in [1.29, 1.82) is 0 Å². The lowest BCUT2D eigenvalue weighted by molar-refractivity contribution is -0.126. The first-order valence-electron chi connectivity index (χ1n) is 17.2. The first-order valence-corrected chi connectivity index (χ1v) is 18.4. The zero-order valence-electron chi connectivity index (χ0n) is 29.4. The fraction of sp³-hybridized carbons (Fsp3) is 0.195. The van der Waals surface area contributed by atoms with Gasteiger partial charge in [0.25, 0.3) is 11.8 Å². The number of amides is 5. The van der Waals surface area contributed by atoms with E-state index in [0.717, 1.165) is 39.3 Å². The Morgan fingerprint density at radius 2 is 1.53 bits per heavy atom. The monoisotopic (exact) mass is 783 g/mol. The molecular formula is C41H33ClF3N5O4S. The molecule has 7 rings (SSSR count). The number of pyridine rings is 1. The summed E-state index contributed by atoms with van der Waals surface area (Å²) in [7, 11) is 0. The van der Waals surface area contributed by atoms with Crippen LogP contribution in [0.5, 0.6) is 0 Å². The second-order valence-corrected chi connectivity index (χ2v) is 15.1. The van der Waals surface area contributed by atoms with E-state index in [4.69, 9.17) is 11.6 Å². The Morgan fingerprint density at radius 1 is 0.891 bits per heavy atom. The molecule has 14 heteroatoms. The molecule has 2 N–H and O–H groups in total. The molecule has 280 valence electrons. The van der Waals surface area contributed by atoms with Gasteiger partial charge >= 0.3 is 11.5 Å². The third-order valence-electron chi connectivity index (χ3n) is 9.71. The highest BCUT2D eigenvalue weighted by Crippen LogP contribution is 2.47. The number of benzene rings is 4. The van der Waals surface area contributed by atoms with Gasteiger partial charge in [0.15, 0.2) is 0 Å². The number of thioether (sulfide) groups is 1. The van der Waals surface area contributed by atoms with Crippen LogP contribution in [0.25, 0.3) is 11.1 Å². The zero-order chi connectivity index (χ0) is 39.1. The highest BCUT2D eigenvalue weighted by Gasteiger charge is 2.52. The molecule has 1 saturated heterocycles. The maximum atomic E-state index is 14.2. The number of nitrogens with zero attached hydrogens (tertiary/aromatic N) is 3. The molecule has 0 unspecified atom stereocenters. The van der Waals surface area contributed by atoms with E-state index >= 15 is 0 Å². The third-order valence-corrected chi connectivity index (χ3v) is 10.7. The van der Waals surface area contributed by atoms with Crippen LogP contribution in [-0.4, -0.2) is 44.7 Å². The van der Waals surface area contributed by atoms with Gasteiger partial charge in [-0.3, -0.25) is 14.4 Å². The number of hydrogen-bond acceptors (Lipinski definition) is 6. The van der Waals surface area contributed by atoms with E-state index in [1.165, 1.54) is 17.2 Å². The molecule has 5 amide bonds. The maximum Gasteiger partial charge on any atom is 0.446 e. The van der Waals surface area contributed by atoms with Crippen molar-refractivity contribution in [2.24, 2.45) is 0 Å². The molecule has 1 aliphatic heterocycles. The summed E-state index contributed by atoms with van der Waals surface area (Å²) in [5, 5.41) is 5.59. The molecule has 0 radical (unpaired) electrons. The van der Waals surface area contributed by atoms with Gasteiger partial charge in [-0.25, -0.2) is 14.7 Å². The van der Waals surface area contributed by atoms with E-state index in [1.54, 1.807) is 56.3 Å². The van der Waals surface area contributed by atoms with Gasteiger partial charge in [0, 0.05) is 30.0 Å². The van der Waals surface area contributed by atoms with Crippen LogP contribution in [0, 0.1) is 0 Å². The topological polar surface area (TPSA) is 112 Å². The number of rotatable bonds is 10. The minimum absolute atomic E-state index is 0.00159. The number of carbonyl (C=O) groups is 4. The van der Waals surface area contributed by atoms with E-state index in [1.807, 2.05) is 48.5 Å². The van der Waals surface area contributed by atoms with Crippen molar-refractivity contribution < 1.29 is 32.3 Å². The molecule has 4 aromatic carbocycles. The normalized spacial score (nSPS) is 15.5. The predicted molar refractivity (Wildman–Crippen MR) is 204 cm³/mol. The molecule has 1 aromatic heterocycles. The van der Waals surface area contributed by atoms with Gasteiger partial charge in [-0.05, 0) is 89.3 Å². The number of carbonyl (C=O) groups excluding carboxylic acids is 4. The summed E-state index contributed by atoms with van der Waals surface area (Å²) in [5.74, 6) is -2.20. The summed E-state index contributed by atoms with van der Waals surface area (Å²) in [4.78, 5) is 61.3. The summed E-state index contributed by atoms with van der Waals surface area (Å²) >= 11 is 5.58. The number of fused-ring (bicyclic) bond motifs is 3. The summed E-state index contributed by atoms with van der Waals surface area (Å²) in [6, 6.07) is 28.5. The van der Waals surface area contributed by atoms with Gasteiger partial charge in [0.2, 0.25) is 5.91 Å². The average Bonchev–Trinajstić information content (AvgIpc) is 3.54. The van der Waals surface area contributed by atoms with Crippen molar-refractivity contribution in [3.63, 3.8) is 0 Å². The lowest BCUT2D eigenvalue weighted by Gasteiger charge is -2.27. The molecule has 0 bridgehead atoms. The molecule has 1 aliphatic carbocycles. The minimum atomic E-state index is -4.74. The van der Waals surface area contributed by atoms with Crippen molar-refractivity contribution in [3.05, 3.63) is 143 Å². The van der Waals surface area contributed by atoms with Gasteiger partial charge in [0.05, 0.1) is 11.4 Å². The zero-order valence-corrected chi connectivity index (χ0v) is 31.0. The average molecular weight is 784 g/mol. The Morgan fingerprint density at radius 3 is 2.16 bits per heavy atom. The van der Waals surface area contributed by atoms with Gasteiger partial charge < -0.3 is 15.5 Å². The number of nitrogens with one attached hydrogen (secondary N) is 2. The Balaban J connectivity index is 1.18. The largest absolute Gasteiger partial charge is 0.446 e. The van der Waals surface area contributed by atoms with Crippen LogP contribution < -0.4 is 15.5 Å². The molecule has 1 atom stereocenters. The van der Waals surface area contributed by atoms with E-state index in [2.05, 4.69) is 15.6 Å². The number of anilines is 2. The number of halogens is 4. The maximum absolute atomic E-state index is 14.2. The van der Waals surface area contributed by atoms with Crippen LogP contribution in [0.4, 0.5) is 29.3 Å². The van der Waals surface area contributed by atoms with Crippen LogP contribution in [0.3, 0.4) is 0 Å². The smallest absolute Gasteiger partial charge is 0.340 e. The second kappa shape index (κ2) is 14.9. The molecule has 5 aromatic rings. The predicted octanol–water partition coefficient (Wildman–Crippen LogP) is 9.09. The minimum Gasteiger partial charge on any atom is -0.340 e. The molecule has 2 aliphatic rings. The van der Waals surface area contributed by atoms with Crippen molar-refractivity contribution in [3.8, 4) is 11.1 Å². The van der Waals surface area contributed by atoms with Crippen molar-refractivity contribution in [2.75, 3.05) is 10.2 Å². The second-order valence-electron chi connectivity index (χ2n) is 13.6. The van der Waals surface area contributed by atoms with E-state index in [9.17, 15) is 32.3 Å². The van der Waals surface area contributed by atoms with Crippen molar-refractivity contribution in [1.82, 2.24) is 15.2 Å². The summed E-state index contributed by atoms with van der Waals surface area (Å²) in [5.41, 5.74) is -1.47. The van der Waals surface area contributed by atoms with Crippen molar-refractivity contribution >= 4 is 58.5 Å². The Kier molecular flexibility index (Phi) is 10.2. The quantitative estimate of drug-likeness (QED) is 0.0831. The van der Waals surface area contributed by atoms with E-state index in [-0.39, 0.29) is 40.3 Å². The molecular weight excluding hydrogens is 751 g/mol. The molecule has 0 saturated carbocycles. The standard InChI is InChI=1S/C41H33ClF3N5O4S/c1-40(2)38(53)50(39(54)49(40)23-24-18-19-46-34(42)20-24)26-16-17-33(55-41(43,44)45)32(21-26)47-37(52)36(25-10-4-3-5-11-25)48-35(51)22-31-29-14-8-6-12-27(29)28-13-7-9-15-30(28)31/h3-21,31,36H,22-23H2,1-2H3,(H,47,52)(H,48,51)/t36-/m1/s1. The fourth-order valence-electron chi connectivity index (χ4n) is 7.06. The third kappa shape index (κ3) is 7.67. The van der Waals surface area contributed by atoms with Crippen LogP contribution in [0.2, 0.25) is 5.15 Å². The molecule has 9 nitrogen and oxygen atoms in total. The molecule has 0 spiro atoms. The Hall–Kier alpha value is -5.66. The van der Waals surface area contributed by atoms with Crippen LogP contribution in [-0.2, 0) is 20.9 Å².